The predicted molar refractivity (Wildman–Crippen MR) is 80.6 cm³/mol. The van der Waals surface area contributed by atoms with Crippen LogP contribution in [0.2, 0.25) is 0 Å². The third-order valence-corrected chi connectivity index (χ3v) is 4.64. The molecule has 1 aliphatic rings. The maximum atomic E-state index is 13.6. The van der Waals surface area contributed by atoms with E-state index in [0.717, 1.165) is 31.5 Å². The SMILES string of the molecule is CCCC1(C(=O)O)CCN(Cc2ccc(C)c(F)c2)CC1. The Morgan fingerprint density at radius 3 is 2.57 bits per heavy atom. The second-order valence-electron chi connectivity index (χ2n) is 6.20. The van der Waals surface area contributed by atoms with E-state index in [2.05, 4.69) is 4.90 Å². The highest BCUT2D eigenvalue weighted by Crippen LogP contribution is 2.36. The van der Waals surface area contributed by atoms with Gasteiger partial charge in [0.2, 0.25) is 0 Å². The summed E-state index contributed by atoms with van der Waals surface area (Å²) in [6.07, 6.45) is 3.01. The molecule has 0 amide bonds. The molecule has 116 valence electrons. The number of hydrogen-bond acceptors (Lipinski definition) is 2. The first-order valence-corrected chi connectivity index (χ1v) is 7.67. The maximum absolute atomic E-state index is 13.6. The summed E-state index contributed by atoms with van der Waals surface area (Å²) in [4.78, 5) is 13.8. The molecule has 0 bridgehead atoms. The van der Waals surface area contributed by atoms with Crippen LogP contribution in [0.15, 0.2) is 18.2 Å². The van der Waals surface area contributed by atoms with Gasteiger partial charge in [-0.25, -0.2) is 4.39 Å². The highest BCUT2D eigenvalue weighted by Gasteiger charge is 2.40. The lowest BCUT2D eigenvalue weighted by molar-refractivity contribution is -0.152. The number of carboxylic acid groups (broad SMARTS) is 1. The molecule has 1 saturated heterocycles. The van der Waals surface area contributed by atoms with E-state index in [-0.39, 0.29) is 5.82 Å². The summed E-state index contributed by atoms with van der Waals surface area (Å²) in [5.41, 5.74) is 1.06. The van der Waals surface area contributed by atoms with E-state index in [4.69, 9.17) is 0 Å². The molecule has 0 radical (unpaired) electrons. The van der Waals surface area contributed by atoms with Gasteiger partial charge in [-0.05, 0) is 56.5 Å². The Bertz CT molecular complexity index is 508. The quantitative estimate of drug-likeness (QED) is 0.901. The smallest absolute Gasteiger partial charge is 0.309 e. The van der Waals surface area contributed by atoms with Gasteiger partial charge < -0.3 is 5.11 Å². The summed E-state index contributed by atoms with van der Waals surface area (Å²) >= 11 is 0. The third kappa shape index (κ3) is 3.62. The largest absolute Gasteiger partial charge is 0.481 e. The predicted octanol–water partition coefficient (Wildman–Crippen LogP) is 3.60. The summed E-state index contributed by atoms with van der Waals surface area (Å²) in [7, 11) is 0. The molecule has 21 heavy (non-hydrogen) atoms. The fraction of sp³-hybridized carbons (Fsp3) is 0.588. The molecule has 3 nitrogen and oxygen atoms in total. The Balaban J connectivity index is 1.97. The average Bonchev–Trinajstić information content (AvgIpc) is 2.45. The van der Waals surface area contributed by atoms with Crippen LogP contribution >= 0.6 is 0 Å². The molecule has 0 saturated carbocycles. The van der Waals surface area contributed by atoms with E-state index >= 15 is 0 Å². The molecule has 1 heterocycles. The molecule has 0 aromatic heterocycles. The van der Waals surface area contributed by atoms with Crippen LogP contribution in [0.5, 0.6) is 0 Å². The van der Waals surface area contributed by atoms with Crippen molar-refractivity contribution in [3.8, 4) is 0 Å². The zero-order chi connectivity index (χ0) is 15.5. The Labute approximate surface area is 125 Å². The van der Waals surface area contributed by atoms with Gasteiger partial charge in [-0.15, -0.1) is 0 Å². The van der Waals surface area contributed by atoms with E-state index in [1.165, 1.54) is 0 Å². The van der Waals surface area contributed by atoms with Crippen LogP contribution in [0.25, 0.3) is 0 Å². The van der Waals surface area contributed by atoms with Gasteiger partial charge in [-0.2, -0.15) is 0 Å². The number of rotatable bonds is 5. The Morgan fingerprint density at radius 1 is 1.38 bits per heavy atom. The zero-order valence-electron chi connectivity index (χ0n) is 12.9. The Kier molecular flexibility index (Phi) is 4.99. The lowest BCUT2D eigenvalue weighted by Gasteiger charge is -2.38. The molecule has 1 aromatic carbocycles. The molecule has 2 rings (SSSR count). The highest BCUT2D eigenvalue weighted by molar-refractivity contribution is 5.74. The van der Waals surface area contributed by atoms with Crippen molar-refractivity contribution in [3.05, 3.63) is 35.1 Å². The molecule has 0 atom stereocenters. The number of carboxylic acids is 1. The van der Waals surface area contributed by atoms with E-state index < -0.39 is 11.4 Å². The first kappa shape index (κ1) is 16.0. The monoisotopic (exact) mass is 293 g/mol. The first-order valence-electron chi connectivity index (χ1n) is 7.67. The molecule has 1 aromatic rings. The van der Waals surface area contributed by atoms with Gasteiger partial charge in [-0.3, -0.25) is 9.69 Å². The molecule has 4 heteroatoms. The number of likely N-dealkylation sites (tertiary alicyclic amines) is 1. The van der Waals surface area contributed by atoms with Gasteiger partial charge in [-0.1, -0.05) is 25.5 Å². The zero-order valence-corrected chi connectivity index (χ0v) is 12.9. The van der Waals surface area contributed by atoms with Crippen molar-refractivity contribution in [3.63, 3.8) is 0 Å². The first-order chi connectivity index (χ1) is 9.97. The summed E-state index contributed by atoms with van der Waals surface area (Å²) in [6.45, 7) is 6.01. The van der Waals surface area contributed by atoms with Crippen molar-refractivity contribution in [1.29, 1.82) is 0 Å². The second-order valence-corrected chi connectivity index (χ2v) is 6.20. The minimum Gasteiger partial charge on any atom is -0.481 e. The number of benzene rings is 1. The van der Waals surface area contributed by atoms with E-state index in [9.17, 15) is 14.3 Å². The molecule has 0 spiro atoms. The lowest BCUT2D eigenvalue weighted by Crippen LogP contribution is -2.44. The van der Waals surface area contributed by atoms with E-state index in [1.807, 2.05) is 13.0 Å². The number of hydrogen-bond donors (Lipinski definition) is 1. The van der Waals surface area contributed by atoms with Crippen molar-refractivity contribution >= 4 is 5.97 Å². The van der Waals surface area contributed by atoms with Gasteiger partial charge in [0.05, 0.1) is 5.41 Å². The van der Waals surface area contributed by atoms with Gasteiger partial charge in [0.25, 0.3) is 0 Å². The molecular formula is C17H24FNO2. The van der Waals surface area contributed by atoms with Gasteiger partial charge in [0.15, 0.2) is 0 Å². The van der Waals surface area contributed by atoms with Crippen molar-refractivity contribution < 1.29 is 14.3 Å². The van der Waals surface area contributed by atoms with Crippen LogP contribution in [0, 0.1) is 18.2 Å². The van der Waals surface area contributed by atoms with Gasteiger partial charge in [0, 0.05) is 6.54 Å². The van der Waals surface area contributed by atoms with E-state index in [1.54, 1.807) is 19.1 Å². The van der Waals surface area contributed by atoms with Crippen LogP contribution in [0.4, 0.5) is 4.39 Å². The average molecular weight is 293 g/mol. The summed E-state index contributed by atoms with van der Waals surface area (Å²) < 4.78 is 13.6. The van der Waals surface area contributed by atoms with Crippen LogP contribution in [0.1, 0.15) is 43.7 Å². The lowest BCUT2D eigenvalue weighted by atomic mass is 9.75. The van der Waals surface area contributed by atoms with Crippen molar-refractivity contribution in [2.45, 2.75) is 46.1 Å². The van der Waals surface area contributed by atoms with Crippen molar-refractivity contribution in [2.75, 3.05) is 13.1 Å². The van der Waals surface area contributed by atoms with Crippen molar-refractivity contribution in [1.82, 2.24) is 4.90 Å². The van der Waals surface area contributed by atoms with Crippen LogP contribution in [-0.2, 0) is 11.3 Å². The molecule has 0 unspecified atom stereocenters. The molecule has 1 N–H and O–H groups in total. The van der Waals surface area contributed by atoms with Crippen LogP contribution in [0.3, 0.4) is 0 Å². The fourth-order valence-corrected chi connectivity index (χ4v) is 3.18. The van der Waals surface area contributed by atoms with Gasteiger partial charge in [0.1, 0.15) is 5.82 Å². The standard InChI is InChI=1S/C17H24FNO2/c1-3-6-17(16(20)21)7-9-19(10-8-17)12-14-5-4-13(2)15(18)11-14/h4-5,11H,3,6-10,12H2,1-2H3,(H,20,21). The minimum absolute atomic E-state index is 0.171. The molecule has 0 aliphatic carbocycles. The number of aliphatic carboxylic acids is 1. The van der Waals surface area contributed by atoms with E-state index in [0.29, 0.717) is 24.9 Å². The fourth-order valence-electron chi connectivity index (χ4n) is 3.18. The summed E-state index contributed by atoms with van der Waals surface area (Å²) in [5.74, 6) is -0.833. The second kappa shape index (κ2) is 6.56. The normalized spacial score (nSPS) is 18.6. The number of nitrogens with zero attached hydrogens (tertiary/aromatic N) is 1. The number of piperidine rings is 1. The topological polar surface area (TPSA) is 40.5 Å². The Hall–Kier alpha value is -1.42. The number of carbonyl (C=O) groups is 1. The summed E-state index contributed by atoms with van der Waals surface area (Å²) in [6, 6.07) is 5.33. The number of aryl methyl sites for hydroxylation is 1. The third-order valence-electron chi connectivity index (χ3n) is 4.64. The number of halogens is 1. The minimum atomic E-state index is -0.662. The van der Waals surface area contributed by atoms with Crippen LogP contribution in [-0.4, -0.2) is 29.1 Å². The van der Waals surface area contributed by atoms with Crippen LogP contribution < -0.4 is 0 Å². The van der Waals surface area contributed by atoms with Crippen molar-refractivity contribution in [2.24, 2.45) is 5.41 Å². The molecule has 1 fully saturated rings. The molecule has 1 aliphatic heterocycles. The van der Waals surface area contributed by atoms with Gasteiger partial charge >= 0.3 is 5.97 Å². The summed E-state index contributed by atoms with van der Waals surface area (Å²) in [5, 5.41) is 9.49. The highest BCUT2D eigenvalue weighted by atomic mass is 19.1. The maximum Gasteiger partial charge on any atom is 0.309 e. The molecular weight excluding hydrogens is 269 g/mol. The Morgan fingerprint density at radius 2 is 2.05 bits per heavy atom.